The molecule has 0 bridgehead atoms. The Morgan fingerprint density at radius 3 is 2.24 bits per heavy atom. The Morgan fingerprint density at radius 2 is 1.76 bits per heavy atom. The molecule has 0 radical (unpaired) electrons. The van der Waals surface area contributed by atoms with Crippen LogP contribution in [0.4, 0.5) is 0 Å². The van der Waals surface area contributed by atoms with E-state index in [0.29, 0.717) is 0 Å². The van der Waals surface area contributed by atoms with Crippen molar-refractivity contribution in [1.29, 1.82) is 0 Å². The van der Waals surface area contributed by atoms with Gasteiger partial charge in [0.25, 0.3) is 5.91 Å². The zero-order valence-corrected chi connectivity index (χ0v) is 15.8. The molecule has 25 heavy (non-hydrogen) atoms. The van der Waals surface area contributed by atoms with Crippen molar-refractivity contribution in [2.45, 2.75) is 30.8 Å². The summed E-state index contributed by atoms with van der Waals surface area (Å²) in [5.74, 6) is -1.78. The van der Waals surface area contributed by atoms with E-state index in [1.54, 1.807) is 6.07 Å². The highest BCUT2D eigenvalue weighted by molar-refractivity contribution is 7.89. The lowest BCUT2D eigenvalue weighted by molar-refractivity contribution is -0.159. The number of carbonyl (C=O) groups is 2. The molecule has 10 heteroatoms. The van der Waals surface area contributed by atoms with Crippen molar-refractivity contribution in [3.8, 4) is 0 Å². The van der Waals surface area contributed by atoms with Crippen LogP contribution >= 0.6 is 23.2 Å². The number of nitrogens with two attached hydrogens (primary N) is 1. The van der Waals surface area contributed by atoms with Crippen LogP contribution in [0.25, 0.3) is 0 Å². The topological polar surface area (TPSA) is 107 Å². The first-order valence-corrected chi connectivity index (χ1v) is 9.78. The molecule has 0 saturated carbocycles. The largest absolute Gasteiger partial charge is 0.452 e. The minimum Gasteiger partial charge on any atom is -0.452 e. The maximum atomic E-state index is 12.8. The smallest absolute Gasteiger partial charge is 0.309 e. The van der Waals surface area contributed by atoms with Crippen LogP contribution < -0.4 is 5.73 Å². The Hall–Kier alpha value is -1.35. The number of carbonyl (C=O) groups excluding carboxylic acids is 2. The minimum absolute atomic E-state index is 0.0457. The van der Waals surface area contributed by atoms with Crippen molar-refractivity contribution >= 4 is 45.1 Å². The number of benzene rings is 1. The Labute approximate surface area is 156 Å². The van der Waals surface area contributed by atoms with Gasteiger partial charge in [0.2, 0.25) is 10.0 Å². The van der Waals surface area contributed by atoms with Gasteiger partial charge in [0.05, 0.1) is 16.0 Å². The lowest BCUT2D eigenvalue weighted by atomic mass is 9.98. The van der Waals surface area contributed by atoms with E-state index in [1.807, 2.05) is 0 Å². The van der Waals surface area contributed by atoms with Crippen LogP contribution in [0.5, 0.6) is 0 Å². The van der Waals surface area contributed by atoms with Gasteiger partial charge in [-0.05, 0) is 31.9 Å². The van der Waals surface area contributed by atoms with Crippen molar-refractivity contribution in [1.82, 2.24) is 4.31 Å². The number of amides is 1. The first kappa shape index (κ1) is 20.0. The lowest BCUT2D eigenvalue weighted by Crippen LogP contribution is -2.42. The average Bonchev–Trinajstić information content (AvgIpc) is 2.54. The van der Waals surface area contributed by atoms with Gasteiger partial charge >= 0.3 is 5.97 Å². The van der Waals surface area contributed by atoms with Gasteiger partial charge in [-0.15, -0.1) is 0 Å². The monoisotopic (exact) mass is 408 g/mol. The minimum atomic E-state index is -3.87. The van der Waals surface area contributed by atoms with Crippen molar-refractivity contribution in [3.63, 3.8) is 0 Å². The maximum Gasteiger partial charge on any atom is 0.309 e. The molecular weight excluding hydrogens is 391 g/mol. The summed E-state index contributed by atoms with van der Waals surface area (Å²) in [7, 11) is -3.87. The van der Waals surface area contributed by atoms with E-state index >= 15 is 0 Å². The average molecular weight is 409 g/mol. The summed E-state index contributed by atoms with van der Waals surface area (Å²) < 4.78 is 31.7. The summed E-state index contributed by atoms with van der Waals surface area (Å²) in [6, 6.07) is 4.47. The van der Waals surface area contributed by atoms with Crippen LogP contribution in [0.15, 0.2) is 23.1 Å². The second kappa shape index (κ2) is 7.90. The summed E-state index contributed by atoms with van der Waals surface area (Å²) in [5, 5.41) is 0.0913. The van der Waals surface area contributed by atoms with Crippen molar-refractivity contribution in [2.75, 3.05) is 13.1 Å². The Bertz CT molecular complexity index is 756. The number of ether oxygens (including phenoxy) is 1. The number of halogens is 2. The predicted molar refractivity (Wildman–Crippen MR) is 92.7 cm³/mol. The molecule has 1 aromatic rings. The van der Waals surface area contributed by atoms with E-state index in [9.17, 15) is 18.0 Å². The Kier molecular flexibility index (Phi) is 6.31. The quantitative estimate of drug-likeness (QED) is 0.747. The molecule has 1 atom stereocenters. The van der Waals surface area contributed by atoms with E-state index in [-0.39, 0.29) is 40.9 Å². The standard InChI is InChI=1S/C15H18Cl2N2O5S/c1-9(14(18)20)24-15(21)10-5-7-19(8-6-10)25(22,23)13-11(16)3-2-4-12(13)17/h2-4,9-10H,5-8H2,1H3,(H2,18,20)/t9-/m0/s1. The number of piperidine rings is 1. The van der Waals surface area contributed by atoms with Crippen molar-refractivity contribution < 1.29 is 22.7 Å². The number of rotatable bonds is 5. The number of hydrogen-bond donors (Lipinski definition) is 1. The molecule has 1 fully saturated rings. The van der Waals surface area contributed by atoms with Gasteiger partial charge in [-0.25, -0.2) is 8.42 Å². The summed E-state index contributed by atoms with van der Waals surface area (Å²) in [6.45, 7) is 1.63. The molecule has 0 unspecified atom stereocenters. The molecule has 2 N–H and O–H groups in total. The fourth-order valence-corrected chi connectivity index (χ4v) is 5.08. The molecular formula is C15H18Cl2N2O5S. The van der Waals surface area contributed by atoms with Crippen LogP contribution in [0.2, 0.25) is 10.0 Å². The van der Waals surface area contributed by atoms with Gasteiger partial charge in [0.1, 0.15) is 4.90 Å². The molecule has 0 spiro atoms. The molecule has 0 aromatic heterocycles. The Balaban J connectivity index is 2.07. The normalized spacial score (nSPS) is 17.9. The van der Waals surface area contributed by atoms with Crippen LogP contribution in [-0.4, -0.2) is 43.8 Å². The fraction of sp³-hybridized carbons (Fsp3) is 0.467. The van der Waals surface area contributed by atoms with Crippen molar-refractivity contribution in [2.24, 2.45) is 11.7 Å². The number of sulfonamides is 1. The second-order valence-corrected chi connectivity index (χ2v) is 8.40. The number of nitrogens with zero attached hydrogens (tertiary/aromatic N) is 1. The number of hydrogen-bond acceptors (Lipinski definition) is 5. The molecule has 1 aromatic carbocycles. The molecule has 1 amide bonds. The van der Waals surface area contributed by atoms with Crippen LogP contribution in [0.1, 0.15) is 19.8 Å². The van der Waals surface area contributed by atoms with E-state index in [4.69, 9.17) is 33.7 Å². The molecule has 1 aliphatic rings. The van der Waals surface area contributed by atoms with E-state index in [2.05, 4.69) is 0 Å². The second-order valence-electron chi connectivity index (χ2n) is 5.71. The summed E-state index contributed by atoms with van der Waals surface area (Å²) in [6.07, 6.45) is -0.478. The summed E-state index contributed by atoms with van der Waals surface area (Å²) >= 11 is 12.0. The lowest BCUT2D eigenvalue weighted by Gasteiger charge is -2.30. The first-order chi connectivity index (χ1) is 11.6. The number of primary amides is 1. The first-order valence-electron chi connectivity index (χ1n) is 7.58. The SMILES string of the molecule is C[C@H](OC(=O)C1CCN(S(=O)(=O)c2c(Cl)cccc2Cl)CC1)C(N)=O. The highest BCUT2D eigenvalue weighted by Gasteiger charge is 2.35. The molecule has 1 heterocycles. The van der Waals surface area contributed by atoms with Gasteiger partial charge < -0.3 is 10.5 Å². The van der Waals surface area contributed by atoms with Gasteiger partial charge in [-0.2, -0.15) is 4.31 Å². The van der Waals surface area contributed by atoms with Crippen LogP contribution in [-0.2, 0) is 24.3 Å². The van der Waals surface area contributed by atoms with Gasteiger partial charge in [-0.3, -0.25) is 9.59 Å². The van der Waals surface area contributed by atoms with Crippen LogP contribution in [0.3, 0.4) is 0 Å². The molecule has 7 nitrogen and oxygen atoms in total. The summed E-state index contributed by atoms with van der Waals surface area (Å²) in [5.41, 5.74) is 5.06. The zero-order chi connectivity index (χ0) is 18.8. The summed E-state index contributed by atoms with van der Waals surface area (Å²) in [4.78, 5) is 22.8. The zero-order valence-electron chi connectivity index (χ0n) is 13.4. The molecule has 1 aliphatic heterocycles. The van der Waals surface area contributed by atoms with Gasteiger partial charge in [0.15, 0.2) is 6.10 Å². The van der Waals surface area contributed by atoms with E-state index in [0.717, 1.165) is 0 Å². The molecule has 1 saturated heterocycles. The molecule has 138 valence electrons. The van der Waals surface area contributed by atoms with E-state index < -0.39 is 33.9 Å². The Morgan fingerprint density at radius 1 is 1.24 bits per heavy atom. The third kappa shape index (κ3) is 4.44. The molecule has 2 rings (SSSR count). The van der Waals surface area contributed by atoms with Crippen LogP contribution in [0, 0.1) is 5.92 Å². The molecule has 0 aliphatic carbocycles. The predicted octanol–water partition coefficient (Wildman–Crippen LogP) is 1.81. The third-order valence-corrected chi connectivity index (χ3v) is 6.85. The van der Waals surface area contributed by atoms with Gasteiger partial charge in [-0.1, -0.05) is 29.3 Å². The van der Waals surface area contributed by atoms with Gasteiger partial charge in [0, 0.05) is 13.1 Å². The van der Waals surface area contributed by atoms with Crippen molar-refractivity contribution in [3.05, 3.63) is 28.2 Å². The van der Waals surface area contributed by atoms with E-state index in [1.165, 1.54) is 23.4 Å². The highest BCUT2D eigenvalue weighted by atomic mass is 35.5. The highest BCUT2D eigenvalue weighted by Crippen LogP contribution is 2.33. The fourth-order valence-electron chi connectivity index (χ4n) is 2.52. The third-order valence-electron chi connectivity index (χ3n) is 4.00. The maximum absolute atomic E-state index is 12.8. The number of esters is 1.